The summed E-state index contributed by atoms with van der Waals surface area (Å²) in [6.45, 7) is -0.539. The van der Waals surface area contributed by atoms with E-state index in [0.29, 0.717) is 5.56 Å². The van der Waals surface area contributed by atoms with Crippen LogP contribution in [0.4, 0.5) is 4.79 Å². The largest absolute Gasteiger partial charge is 0.481 e. The van der Waals surface area contributed by atoms with Gasteiger partial charge in [0.2, 0.25) is 11.6 Å². The number of hydrogen-bond donors (Lipinski definition) is 2. The summed E-state index contributed by atoms with van der Waals surface area (Å²) >= 11 is 0. The van der Waals surface area contributed by atoms with Crippen LogP contribution in [0.5, 0.6) is 0 Å². The van der Waals surface area contributed by atoms with E-state index in [2.05, 4.69) is 20.7 Å². The Kier molecular flexibility index (Phi) is 7.36. The minimum Gasteiger partial charge on any atom is -0.481 e. The van der Waals surface area contributed by atoms with Crippen LogP contribution in [0, 0.1) is 0 Å². The second kappa shape index (κ2) is 10.6. The van der Waals surface area contributed by atoms with Crippen molar-refractivity contribution in [1.29, 1.82) is 0 Å². The Labute approximate surface area is 182 Å². The molecule has 0 aliphatic rings. The molecule has 0 saturated carbocycles. The fourth-order valence-corrected chi connectivity index (χ4v) is 2.70. The standard InChI is InChI=1S/C21H19N5O6/c27-17(12-26-24-20(23-25-26)19(30)15-9-5-2-6-10-15)16(11-18(28)29)22-21(31)32-13-14-7-3-1-4-8-14/h1-10,16H,11-13H2,(H,22,31)(H,28,29). The lowest BCUT2D eigenvalue weighted by Crippen LogP contribution is -2.44. The number of carbonyl (C=O) groups excluding carboxylic acids is 3. The number of tetrazole rings is 1. The molecule has 0 radical (unpaired) electrons. The second-order valence-electron chi connectivity index (χ2n) is 6.66. The van der Waals surface area contributed by atoms with E-state index >= 15 is 0 Å². The van der Waals surface area contributed by atoms with Crippen LogP contribution in [0.15, 0.2) is 60.7 Å². The first kappa shape index (κ1) is 22.3. The van der Waals surface area contributed by atoms with Crippen LogP contribution in [-0.2, 0) is 27.5 Å². The van der Waals surface area contributed by atoms with E-state index in [9.17, 15) is 19.2 Å². The molecule has 164 valence electrons. The lowest BCUT2D eigenvalue weighted by Gasteiger charge is -2.15. The van der Waals surface area contributed by atoms with E-state index in [0.717, 1.165) is 10.4 Å². The summed E-state index contributed by atoms with van der Waals surface area (Å²) < 4.78 is 5.03. The van der Waals surface area contributed by atoms with Gasteiger partial charge in [-0.3, -0.25) is 14.4 Å². The number of nitrogens with zero attached hydrogens (tertiary/aromatic N) is 4. The third-order valence-corrected chi connectivity index (χ3v) is 4.26. The molecular formula is C21H19N5O6. The van der Waals surface area contributed by atoms with Crippen molar-refractivity contribution in [3.63, 3.8) is 0 Å². The highest BCUT2D eigenvalue weighted by Gasteiger charge is 2.26. The molecule has 1 unspecified atom stereocenters. The molecule has 0 aliphatic heterocycles. The zero-order valence-corrected chi connectivity index (χ0v) is 16.7. The van der Waals surface area contributed by atoms with Gasteiger partial charge in [-0.25, -0.2) is 4.79 Å². The van der Waals surface area contributed by atoms with E-state index in [-0.39, 0.29) is 12.4 Å². The average molecular weight is 437 g/mol. The van der Waals surface area contributed by atoms with Crippen molar-refractivity contribution in [3.8, 4) is 0 Å². The summed E-state index contributed by atoms with van der Waals surface area (Å²) in [5.74, 6) is -2.68. The third-order valence-electron chi connectivity index (χ3n) is 4.26. The molecular weight excluding hydrogens is 418 g/mol. The van der Waals surface area contributed by atoms with Gasteiger partial charge in [-0.2, -0.15) is 4.80 Å². The number of aromatic nitrogens is 4. The molecule has 2 aromatic carbocycles. The van der Waals surface area contributed by atoms with Crippen molar-refractivity contribution in [2.24, 2.45) is 0 Å². The summed E-state index contributed by atoms with van der Waals surface area (Å²) in [6.07, 6.45) is -1.61. The summed E-state index contributed by atoms with van der Waals surface area (Å²) in [5, 5.41) is 22.5. The van der Waals surface area contributed by atoms with Gasteiger partial charge >= 0.3 is 12.1 Å². The minimum atomic E-state index is -1.38. The van der Waals surface area contributed by atoms with Crippen molar-refractivity contribution in [3.05, 3.63) is 77.6 Å². The summed E-state index contributed by atoms with van der Waals surface area (Å²) in [4.78, 5) is 49.0. The highest BCUT2D eigenvalue weighted by atomic mass is 16.5. The second-order valence-corrected chi connectivity index (χ2v) is 6.66. The van der Waals surface area contributed by atoms with E-state index in [1.165, 1.54) is 0 Å². The highest BCUT2D eigenvalue weighted by molar-refractivity contribution is 6.06. The zero-order chi connectivity index (χ0) is 22.9. The van der Waals surface area contributed by atoms with Gasteiger partial charge in [0.15, 0.2) is 5.78 Å². The molecule has 0 bridgehead atoms. The Morgan fingerprint density at radius 2 is 1.66 bits per heavy atom. The van der Waals surface area contributed by atoms with Crippen LogP contribution >= 0.6 is 0 Å². The maximum Gasteiger partial charge on any atom is 0.408 e. The number of ether oxygens (including phenoxy) is 1. The molecule has 1 heterocycles. The number of hydrogen-bond acceptors (Lipinski definition) is 8. The predicted molar refractivity (Wildman–Crippen MR) is 109 cm³/mol. The van der Waals surface area contributed by atoms with Gasteiger partial charge in [-0.15, -0.1) is 10.2 Å². The molecule has 3 rings (SSSR count). The van der Waals surface area contributed by atoms with Gasteiger partial charge in [0.05, 0.1) is 6.42 Å². The van der Waals surface area contributed by atoms with Crippen molar-refractivity contribution in [1.82, 2.24) is 25.5 Å². The Morgan fingerprint density at radius 3 is 2.31 bits per heavy atom. The molecule has 1 amide bonds. The number of Topliss-reactive ketones (excluding diaryl/α,β-unsaturated/α-hetero) is 1. The minimum absolute atomic E-state index is 0.0454. The quantitative estimate of drug-likeness (QED) is 0.446. The van der Waals surface area contributed by atoms with Gasteiger partial charge in [0.25, 0.3) is 0 Å². The lowest BCUT2D eigenvalue weighted by molar-refractivity contribution is -0.139. The smallest absolute Gasteiger partial charge is 0.408 e. The molecule has 11 heteroatoms. The van der Waals surface area contributed by atoms with Gasteiger partial charge in [0.1, 0.15) is 19.2 Å². The molecule has 11 nitrogen and oxygen atoms in total. The summed E-state index contributed by atoms with van der Waals surface area (Å²) in [5.41, 5.74) is 1.08. The van der Waals surface area contributed by atoms with Crippen LogP contribution in [-0.4, -0.2) is 55.0 Å². The number of amides is 1. The molecule has 0 aliphatic carbocycles. The van der Waals surface area contributed by atoms with Crippen molar-refractivity contribution in [2.45, 2.75) is 25.6 Å². The molecule has 0 spiro atoms. The number of rotatable bonds is 10. The number of benzene rings is 2. The topological polar surface area (TPSA) is 153 Å². The van der Waals surface area contributed by atoms with Gasteiger partial charge < -0.3 is 15.2 Å². The zero-order valence-electron chi connectivity index (χ0n) is 16.7. The maximum absolute atomic E-state index is 12.6. The number of aliphatic carboxylic acids is 1. The van der Waals surface area contributed by atoms with Crippen LogP contribution < -0.4 is 5.32 Å². The number of ketones is 2. The molecule has 2 N–H and O–H groups in total. The third kappa shape index (κ3) is 6.29. The SMILES string of the molecule is O=C(O)CC(NC(=O)OCc1ccccc1)C(=O)Cn1nnc(C(=O)c2ccccc2)n1. The number of carboxylic acid groups (broad SMARTS) is 1. The van der Waals surface area contributed by atoms with Crippen LogP contribution in [0.2, 0.25) is 0 Å². The number of alkyl carbamates (subject to hydrolysis) is 1. The van der Waals surface area contributed by atoms with Crippen molar-refractivity contribution >= 4 is 23.6 Å². The highest BCUT2D eigenvalue weighted by Crippen LogP contribution is 2.06. The van der Waals surface area contributed by atoms with E-state index < -0.39 is 42.6 Å². The lowest BCUT2D eigenvalue weighted by atomic mass is 10.1. The van der Waals surface area contributed by atoms with E-state index in [4.69, 9.17) is 9.84 Å². The van der Waals surface area contributed by atoms with Crippen LogP contribution in [0.25, 0.3) is 0 Å². The van der Waals surface area contributed by atoms with E-state index in [1.807, 2.05) is 6.07 Å². The predicted octanol–water partition coefficient (Wildman–Crippen LogP) is 1.24. The molecule has 1 aromatic heterocycles. The normalized spacial score (nSPS) is 11.4. The number of carbonyl (C=O) groups is 4. The Morgan fingerprint density at radius 1 is 1.00 bits per heavy atom. The summed E-state index contributed by atoms with van der Waals surface area (Å²) in [7, 11) is 0. The summed E-state index contributed by atoms with van der Waals surface area (Å²) in [6, 6.07) is 15.8. The maximum atomic E-state index is 12.6. The number of nitrogens with one attached hydrogen (secondary N) is 1. The fraction of sp³-hybridized carbons (Fsp3) is 0.190. The molecule has 1 atom stereocenters. The monoisotopic (exact) mass is 437 g/mol. The van der Waals surface area contributed by atoms with Crippen molar-refractivity contribution < 1.29 is 29.0 Å². The first-order chi connectivity index (χ1) is 15.4. The Hall–Kier alpha value is -4.41. The fourth-order valence-electron chi connectivity index (χ4n) is 2.70. The van der Waals surface area contributed by atoms with E-state index in [1.54, 1.807) is 54.6 Å². The molecule has 0 fully saturated rings. The number of carboxylic acids is 1. The first-order valence-corrected chi connectivity index (χ1v) is 9.51. The molecule has 32 heavy (non-hydrogen) atoms. The van der Waals surface area contributed by atoms with Gasteiger partial charge in [-0.05, 0) is 10.8 Å². The van der Waals surface area contributed by atoms with Crippen LogP contribution in [0.1, 0.15) is 28.2 Å². The van der Waals surface area contributed by atoms with Gasteiger partial charge in [0, 0.05) is 5.56 Å². The van der Waals surface area contributed by atoms with Gasteiger partial charge in [-0.1, -0.05) is 60.7 Å². The van der Waals surface area contributed by atoms with Crippen LogP contribution in [0.3, 0.4) is 0 Å². The average Bonchev–Trinajstić information content (AvgIpc) is 3.26. The van der Waals surface area contributed by atoms with Crippen molar-refractivity contribution in [2.75, 3.05) is 0 Å². The molecule has 3 aromatic rings. The Bertz CT molecular complexity index is 1100. The first-order valence-electron chi connectivity index (χ1n) is 9.51. The Balaban J connectivity index is 1.61. The molecule has 0 saturated heterocycles.